The van der Waals surface area contributed by atoms with Crippen molar-refractivity contribution in [2.75, 3.05) is 0 Å². The number of hydrogen-bond acceptors (Lipinski definition) is 2. The summed E-state index contributed by atoms with van der Waals surface area (Å²) in [5.41, 5.74) is 21.3. The van der Waals surface area contributed by atoms with E-state index in [0.717, 1.165) is 50.1 Å². The molecule has 4 aromatic heterocycles. The number of para-hydroxylation sites is 4. The molecule has 0 saturated carbocycles. The van der Waals surface area contributed by atoms with E-state index in [-0.39, 0.29) is 11.8 Å². The van der Waals surface area contributed by atoms with Gasteiger partial charge < -0.3 is 13.6 Å². The molecule has 9 aromatic carbocycles. The van der Waals surface area contributed by atoms with E-state index in [0.29, 0.717) is 0 Å². The summed E-state index contributed by atoms with van der Waals surface area (Å²) in [6.07, 6.45) is 0. The largest absolute Gasteiger partial charge is 0.456 e. The number of nitrogens with zero attached hydrogens (tertiary/aromatic N) is 3. The smallest absolute Gasteiger partial charge is 0.135 e. The highest BCUT2D eigenvalue weighted by molar-refractivity contribution is 6.16. The van der Waals surface area contributed by atoms with Crippen LogP contribution in [-0.4, -0.2) is 14.1 Å². The molecule has 0 N–H and O–H groups in total. The Kier molecular flexibility index (Phi) is 7.03. The number of rotatable bonds is 4. The lowest BCUT2D eigenvalue weighted by Crippen LogP contribution is -2.28. The van der Waals surface area contributed by atoms with Gasteiger partial charge in [0.1, 0.15) is 11.2 Å². The number of hydrogen-bond donors (Lipinski definition) is 0. The molecule has 2 atom stereocenters. The first-order valence-electron chi connectivity index (χ1n) is 22.5. The molecule has 3 aliphatic rings. The lowest BCUT2D eigenvalue weighted by Gasteiger charge is -2.43. The average molecular weight is 828 g/mol. The van der Waals surface area contributed by atoms with Crippen LogP contribution in [0.2, 0.25) is 0 Å². The van der Waals surface area contributed by atoms with Gasteiger partial charge in [-0.2, -0.15) is 0 Å². The van der Waals surface area contributed by atoms with E-state index in [1.54, 1.807) is 0 Å². The fourth-order valence-electron chi connectivity index (χ4n) is 11.9. The molecular weight excluding hydrogens is 791 g/mol. The van der Waals surface area contributed by atoms with Gasteiger partial charge in [-0.3, -0.25) is 0 Å². The number of furan rings is 1. The second kappa shape index (κ2) is 13.0. The quantitative estimate of drug-likeness (QED) is 0.177. The molecule has 0 fully saturated rings. The highest BCUT2D eigenvalue weighted by Gasteiger charge is 2.44. The van der Waals surface area contributed by atoms with Gasteiger partial charge in [0.15, 0.2) is 0 Å². The second-order valence-corrected chi connectivity index (χ2v) is 17.7. The number of aromatic nitrogens is 3. The standard InChI is InChI=1S/C61H37N3O/c1-3-15-36(16-4-1)48-34-39(35-49(62-48)37-27-32-55-47(33-37)40-19-11-14-26-54(40)65-55)64-51-25-13-10-23-44(51)58-53(64)31-29-46-56-41-20-7-8-21-42(41)59(61(46)58)60-45(56)28-30-52-57(60)43-22-9-12-24-50(43)63(52)38-17-5-2-6-18-38/h1-35,56,59H. The molecule has 4 heterocycles. The maximum Gasteiger partial charge on any atom is 0.135 e. The summed E-state index contributed by atoms with van der Waals surface area (Å²) in [6.45, 7) is 0. The van der Waals surface area contributed by atoms with Crippen LogP contribution in [0.25, 0.3) is 99.4 Å². The summed E-state index contributed by atoms with van der Waals surface area (Å²) >= 11 is 0. The molecule has 302 valence electrons. The lowest BCUT2D eigenvalue weighted by atomic mass is 9.59. The zero-order valence-corrected chi connectivity index (χ0v) is 35.1. The maximum absolute atomic E-state index is 6.27. The minimum Gasteiger partial charge on any atom is -0.456 e. The van der Waals surface area contributed by atoms with Crippen LogP contribution in [-0.2, 0) is 0 Å². The van der Waals surface area contributed by atoms with Gasteiger partial charge in [-0.1, -0.05) is 140 Å². The number of fused-ring (bicyclic) bond motifs is 9. The molecule has 16 rings (SSSR count). The highest BCUT2D eigenvalue weighted by atomic mass is 16.3. The van der Waals surface area contributed by atoms with Crippen LogP contribution in [0.1, 0.15) is 45.2 Å². The monoisotopic (exact) mass is 827 g/mol. The lowest BCUT2D eigenvalue weighted by molar-refractivity contribution is 0.669. The van der Waals surface area contributed by atoms with E-state index in [2.05, 4.69) is 209 Å². The third kappa shape index (κ3) is 4.78. The molecule has 2 unspecified atom stereocenters. The Morgan fingerprint density at radius 2 is 0.862 bits per heavy atom. The van der Waals surface area contributed by atoms with Crippen molar-refractivity contribution in [3.8, 4) is 33.9 Å². The van der Waals surface area contributed by atoms with Crippen molar-refractivity contribution in [3.63, 3.8) is 0 Å². The van der Waals surface area contributed by atoms with Gasteiger partial charge in [-0.05, 0) is 106 Å². The normalized spacial score (nSPS) is 15.1. The predicted molar refractivity (Wildman–Crippen MR) is 266 cm³/mol. The fraction of sp³-hybridized carbons (Fsp3) is 0.0328. The van der Waals surface area contributed by atoms with Crippen LogP contribution >= 0.6 is 0 Å². The van der Waals surface area contributed by atoms with E-state index in [9.17, 15) is 0 Å². The minimum absolute atomic E-state index is 0.0345. The Morgan fingerprint density at radius 1 is 0.338 bits per heavy atom. The van der Waals surface area contributed by atoms with Gasteiger partial charge >= 0.3 is 0 Å². The van der Waals surface area contributed by atoms with Crippen LogP contribution in [0.5, 0.6) is 0 Å². The molecule has 0 saturated heterocycles. The van der Waals surface area contributed by atoms with E-state index < -0.39 is 0 Å². The van der Waals surface area contributed by atoms with Gasteiger partial charge in [0.2, 0.25) is 0 Å². The summed E-state index contributed by atoms with van der Waals surface area (Å²) in [4.78, 5) is 5.40. The Morgan fingerprint density at radius 3 is 1.54 bits per heavy atom. The summed E-state index contributed by atoms with van der Waals surface area (Å²) in [7, 11) is 0. The SMILES string of the molecule is c1ccc(-c2cc(-n3c4ccccc4c4c5c(ccc43)C3c4ccccc4C5c4c3ccc3c4c4ccccc4n3-c3ccccc3)cc(-c3ccc4oc5ccccc5c4c3)n2)cc1. The van der Waals surface area contributed by atoms with Gasteiger partial charge in [-0.15, -0.1) is 0 Å². The van der Waals surface area contributed by atoms with Crippen molar-refractivity contribution in [1.82, 2.24) is 14.1 Å². The Hall–Kier alpha value is -8.47. The molecule has 3 aliphatic carbocycles. The Balaban J connectivity index is 1.02. The Bertz CT molecular complexity index is 4130. The summed E-state index contributed by atoms with van der Waals surface area (Å²) in [5, 5.41) is 7.43. The third-order valence-electron chi connectivity index (χ3n) is 14.5. The molecule has 4 heteroatoms. The zero-order chi connectivity index (χ0) is 42.3. The van der Waals surface area contributed by atoms with Crippen LogP contribution in [0.15, 0.2) is 217 Å². The summed E-state index contributed by atoms with van der Waals surface area (Å²) in [5.74, 6) is 0.148. The van der Waals surface area contributed by atoms with Gasteiger partial charge in [-0.25, -0.2) is 4.98 Å². The van der Waals surface area contributed by atoms with Crippen molar-refractivity contribution in [2.45, 2.75) is 11.8 Å². The first-order valence-corrected chi connectivity index (χ1v) is 22.5. The fourth-order valence-corrected chi connectivity index (χ4v) is 11.9. The molecule has 0 aliphatic heterocycles. The molecule has 0 amide bonds. The molecule has 65 heavy (non-hydrogen) atoms. The molecule has 0 spiro atoms. The second-order valence-electron chi connectivity index (χ2n) is 17.7. The van der Waals surface area contributed by atoms with Crippen molar-refractivity contribution < 1.29 is 4.42 Å². The predicted octanol–water partition coefficient (Wildman–Crippen LogP) is 15.5. The molecule has 2 bridgehead atoms. The van der Waals surface area contributed by atoms with Crippen LogP contribution < -0.4 is 0 Å². The minimum atomic E-state index is 0.0345. The van der Waals surface area contributed by atoms with Crippen molar-refractivity contribution in [3.05, 3.63) is 246 Å². The van der Waals surface area contributed by atoms with Gasteiger partial charge in [0.05, 0.1) is 39.1 Å². The van der Waals surface area contributed by atoms with Crippen molar-refractivity contribution in [2.24, 2.45) is 0 Å². The summed E-state index contributed by atoms with van der Waals surface area (Å²) in [6, 6.07) is 77.6. The highest BCUT2D eigenvalue weighted by Crippen LogP contribution is 2.60. The number of pyridine rings is 1. The molecular formula is C61H37N3O. The van der Waals surface area contributed by atoms with E-state index in [1.165, 1.54) is 82.7 Å². The maximum atomic E-state index is 6.27. The summed E-state index contributed by atoms with van der Waals surface area (Å²) < 4.78 is 11.2. The third-order valence-corrected chi connectivity index (χ3v) is 14.5. The van der Waals surface area contributed by atoms with Crippen molar-refractivity contribution >= 4 is 65.6 Å². The van der Waals surface area contributed by atoms with E-state index in [1.807, 2.05) is 12.1 Å². The van der Waals surface area contributed by atoms with Crippen LogP contribution in [0, 0.1) is 0 Å². The van der Waals surface area contributed by atoms with E-state index in [4.69, 9.17) is 9.40 Å². The van der Waals surface area contributed by atoms with Gasteiger partial charge in [0.25, 0.3) is 0 Å². The van der Waals surface area contributed by atoms with Gasteiger partial charge in [0, 0.05) is 61.0 Å². The first kappa shape index (κ1) is 35.0. The molecule has 13 aromatic rings. The molecule has 0 radical (unpaired) electrons. The number of benzene rings is 9. The zero-order valence-electron chi connectivity index (χ0n) is 35.1. The Labute approximate surface area is 373 Å². The van der Waals surface area contributed by atoms with Crippen LogP contribution in [0.3, 0.4) is 0 Å². The topological polar surface area (TPSA) is 35.9 Å². The molecule has 4 nitrogen and oxygen atoms in total. The average Bonchev–Trinajstić information content (AvgIpc) is 4.04. The van der Waals surface area contributed by atoms with E-state index >= 15 is 0 Å². The first-order chi connectivity index (χ1) is 32.3. The van der Waals surface area contributed by atoms with Crippen molar-refractivity contribution in [1.29, 1.82) is 0 Å². The van der Waals surface area contributed by atoms with Crippen LogP contribution in [0.4, 0.5) is 0 Å².